The second kappa shape index (κ2) is 9.16. The van der Waals surface area contributed by atoms with Gasteiger partial charge in [-0.1, -0.05) is 24.3 Å². The maximum atomic E-state index is 12.4. The fourth-order valence-corrected chi connectivity index (χ4v) is 3.25. The summed E-state index contributed by atoms with van der Waals surface area (Å²) in [6.45, 7) is 0. The molecule has 8 heteroatoms. The van der Waals surface area contributed by atoms with Crippen molar-refractivity contribution in [2.24, 2.45) is 0 Å². The first-order valence-corrected chi connectivity index (χ1v) is 10.1. The molecule has 0 unspecified atom stereocenters. The Hall–Kier alpha value is -2.89. The molecule has 2 N–H and O–H groups in total. The van der Waals surface area contributed by atoms with Crippen LogP contribution in [0.25, 0.3) is 0 Å². The fraction of sp³-hybridized carbons (Fsp3) is 0.263. The molecule has 7 nitrogen and oxygen atoms in total. The molecule has 0 bridgehead atoms. The van der Waals surface area contributed by atoms with E-state index in [-0.39, 0.29) is 12.3 Å². The highest BCUT2D eigenvalue weighted by molar-refractivity contribution is 7.88. The van der Waals surface area contributed by atoms with Crippen molar-refractivity contribution in [3.63, 3.8) is 0 Å². The number of rotatable bonds is 8. The Kier molecular flexibility index (Phi) is 6.93. The maximum absolute atomic E-state index is 12.4. The van der Waals surface area contributed by atoms with Crippen LogP contribution in [0.2, 0.25) is 0 Å². The van der Waals surface area contributed by atoms with Crippen LogP contribution in [0.5, 0.6) is 5.75 Å². The maximum Gasteiger partial charge on any atom is 0.226 e. The Balaban J connectivity index is 2.11. The molecule has 1 atom stereocenters. The Morgan fingerprint density at radius 1 is 1.15 bits per heavy atom. The Bertz CT molecular complexity index is 917. The number of benzene rings is 2. The molecule has 142 valence electrons. The molecule has 0 saturated heterocycles. The first-order chi connectivity index (χ1) is 12.8. The van der Waals surface area contributed by atoms with Gasteiger partial charge in [0.2, 0.25) is 15.9 Å². The zero-order valence-electron chi connectivity index (χ0n) is 15.1. The van der Waals surface area contributed by atoms with Crippen LogP contribution in [-0.4, -0.2) is 27.7 Å². The van der Waals surface area contributed by atoms with Crippen molar-refractivity contribution >= 4 is 21.6 Å². The minimum Gasteiger partial charge on any atom is -0.497 e. The van der Waals surface area contributed by atoms with Gasteiger partial charge in [0.25, 0.3) is 0 Å². The Morgan fingerprint density at radius 3 is 2.30 bits per heavy atom. The van der Waals surface area contributed by atoms with Crippen molar-refractivity contribution in [1.82, 2.24) is 4.72 Å². The van der Waals surface area contributed by atoms with Gasteiger partial charge in [-0.2, -0.15) is 5.26 Å². The largest absolute Gasteiger partial charge is 0.497 e. The van der Waals surface area contributed by atoms with Crippen LogP contribution in [0.4, 0.5) is 5.69 Å². The van der Waals surface area contributed by atoms with Gasteiger partial charge in [0.1, 0.15) is 5.75 Å². The molecule has 0 aromatic heterocycles. The van der Waals surface area contributed by atoms with Gasteiger partial charge in [-0.25, -0.2) is 13.1 Å². The van der Waals surface area contributed by atoms with Crippen molar-refractivity contribution in [3.8, 4) is 11.8 Å². The fourth-order valence-electron chi connectivity index (χ4n) is 2.52. The summed E-state index contributed by atoms with van der Waals surface area (Å²) >= 11 is 0. The quantitative estimate of drug-likeness (QED) is 0.723. The van der Waals surface area contributed by atoms with Gasteiger partial charge >= 0.3 is 0 Å². The molecule has 0 radical (unpaired) electrons. The number of ether oxygens (including phenoxy) is 1. The second-order valence-electron chi connectivity index (χ2n) is 6.00. The third kappa shape index (κ3) is 6.73. The number of methoxy groups -OCH3 is 1. The molecule has 0 spiro atoms. The van der Waals surface area contributed by atoms with Crippen molar-refractivity contribution in [2.75, 3.05) is 18.7 Å². The van der Waals surface area contributed by atoms with Crippen LogP contribution >= 0.6 is 0 Å². The van der Waals surface area contributed by atoms with E-state index in [9.17, 15) is 13.2 Å². The Labute approximate surface area is 159 Å². The monoisotopic (exact) mass is 387 g/mol. The molecule has 0 fully saturated rings. The lowest BCUT2D eigenvalue weighted by atomic mass is 10.0. The number of hydrogen-bond acceptors (Lipinski definition) is 5. The summed E-state index contributed by atoms with van der Waals surface area (Å²) in [7, 11) is -1.97. The highest BCUT2D eigenvalue weighted by Gasteiger charge is 2.20. The van der Waals surface area contributed by atoms with E-state index in [1.165, 1.54) is 7.11 Å². The van der Waals surface area contributed by atoms with Crippen LogP contribution in [-0.2, 0) is 21.2 Å². The smallest absolute Gasteiger partial charge is 0.226 e. The van der Waals surface area contributed by atoms with Gasteiger partial charge in [-0.15, -0.1) is 0 Å². The van der Waals surface area contributed by atoms with Gasteiger partial charge in [0.05, 0.1) is 31.9 Å². The van der Waals surface area contributed by atoms with Gasteiger partial charge < -0.3 is 10.1 Å². The molecule has 0 aliphatic heterocycles. The van der Waals surface area contributed by atoms with E-state index in [0.717, 1.165) is 11.8 Å². The van der Waals surface area contributed by atoms with Crippen molar-refractivity contribution in [2.45, 2.75) is 18.9 Å². The van der Waals surface area contributed by atoms with Crippen LogP contribution in [0.15, 0.2) is 48.5 Å². The predicted octanol–water partition coefficient (Wildman–Crippen LogP) is 2.38. The summed E-state index contributed by atoms with van der Waals surface area (Å²) in [5.74, 6) is 0.304. The number of sulfonamides is 1. The van der Waals surface area contributed by atoms with Crippen molar-refractivity contribution in [1.29, 1.82) is 5.26 Å². The topological polar surface area (TPSA) is 108 Å². The van der Waals surface area contributed by atoms with Gasteiger partial charge in [-0.3, -0.25) is 4.79 Å². The molecule has 0 aliphatic carbocycles. The molecule has 0 saturated carbocycles. The zero-order chi connectivity index (χ0) is 19.9. The minimum absolute atomic E-state index is 0.0701. The average molecular weight is 387 g/mol. The second-order valence-corrected chi connectivity index (χ2v) is 7.78. The highest BCUT2D eigenvalue weighted by Crippen LogP contribution is 2.22. The normalized spacial score (nSPS) is 12.0. The third-order valence-corrected chi connectivity index (χ3v) is 4.50. The summed E-state index contributed by atoms with van der Waals surface area (Å²) in [6.07, 6.45) is 1.28. The number of nitrogens with one attached hydrogen (secondary N) is 2. The first-order valence-electron chi connectivity index (χ1n) is 8.17. The van der Waals surface area contributed by atoms with Crippen LogP contribution in [0.3, 0.4) is 0 Å². The van der Waals surface area contributed by atoms with Crippen LogP contribution < -0.4 is 14.8 Å². The first kappa shape index (κ1) is 20.4. The lowest BCUT2D eigenvalue weighted by Crippen LogP contribution is -2.30. The van der Waals surface area contributed by atoms with E-state index in [1.54, 1.807) is 48.5 Å². The summed E-state index contributed by atoms with van der Waals surface area (Å²) in [5, 5.41) is 11.4. The molecule has 1 amide bonds. The van der Waals surface area contributed by atoms with Gasteiger partial charge in [0.15, 0.2) is 0 Å². The summed E-state index contributed by atoms with van der Waals surface area (Å²) in [4.78, 5) is 12.4. The molecule has 2 rings (SSSR count). The van der Waals surface area contributed by atoms with E-state index in [4.69, 9.17) is 10.00 Å². The average Bonchev–Trinajstić information content (AvgIpc) is 2.62. The van der Waals surface area contributed by atoms with Gasteiger partial charge in [0, 0.05) is 12.1 Å². The van der Waals surface area contributed by atoms with Crippen molar-refractivity contribution < 1.29 is 17.9 Å². The van der Waals surface area contributed by atoms with Crippen LogP contribution in [0, 0.1) is 11.3 Å². The lowest BCUT2D eigenvalue weighted by Gasteiger charge is -2.18. The lowest BCUT2D eigenvalue weighted by molar-refractivity contribution is -0.116. The molecular formula is C19H21N3O4S. The SMILES string of the molecule is COc1ccc([C@@H](CC(=O)Nc2ccc(CC#N)cc2)NS(C)(=O)=O)cc1. The number of hydrogen-bond donors (Lipinski definition) is 2. The predicted molar refractivity (Wildman–Crippen MR) is 103 cm³/mol. The van der Waals surface area contributed by atoms with E-state index >= 15 is 0 Å². The molecule has 27 heavy (non-hydrogen) atoms. The number of carbonyl (C=O) groups is 1. The number of anilines is 1. The minimum atomic E-state index is -3.51. The van der Waals surface area contributed by atoms with E-state index in [2.05, 4.69) is 16.1 Å². The van der Waals surface area contributed by atoms with E-state index in [0.29, 0.717) is 23.4 Å². The molecule has 0 aliphatic rings. The number of amides is 1. The Morgan fingerprint density at radius 2 is 1.78 bits per heavy atom. The molecule has 2 aromatic carbocycles. The molecule has 2 aromatic rings. The summed E-state index contributed by atoms with van der Waals surface area (Å²) < 4.78 is 31.0. The third-order valence-electron chi connectivity index (χ3n) is 3.78. The van der Waals surface area contributed by atoms with E-state index < -0.39 is 16.1 Å². The number of nitriles is 1. The number of nitrogens with zero attached hydrogens (tertiary/aromatic N) is 1. The standard InChI is InChI=1S/C19H21N3O4S/c1-26-17-9-5-15(6-10-17)18(22-27(2,24)25)13-19(23)21-16-7-3-14(4-8-16)11-12-20/h3-10,18,22H,11,13H2,1-2H3,(H,21,23)/t18-/m1/s1. The zero-order valence-corrected chi connectivity index (χ0v) is 15.9. The van der Waals surface area contributed by atoms with Crippen LogP contribution in [0.1, 0.15) is 23.6 Å². The molecular weight excluding hydrogens is 366 g/mol. The highest BCUT2D eigenvalue weighted by atomic mass is 32.2. The number of carbonyl (C=O) groups excluding carboxylic acids is 1. The molecule has 0 heterocycles. The van der Waals surface area contributed by atoms with E-state index in [1.807, 2.05) is 0 Å². The summed E-state index contributed by atoms with van der Waals surface area (Å²) in [6, 6.07) is 15.1. The van der Waals surface area contributed by atoms with Crippen molar-refractivity contribution in [3.05, 3.63) is 59.7 Å². The van der Waals surface area contributed by atoms with Gasteiger partial charge in [-0.05, 0) is 35.4 Å². The summed E-state index contributed by atoms with van der Waals surface area (Å²) in [5.41, 5.74) is 2.08.